The van der Waals surface area contributed by atoms with Gasteiger partial charge in [0.05, 0.1) is 10.0 Å². The van der Waals surface area contributed by atoms with E-state index in [1.54, 1.807) is 24.3 Å². The Hall–Kier alpha value is -0.960. The molecule has 0 saturated carbocycles. The molecular weight excluding hydrogens is 275 g/mol. The summed E-state index contributed by atoms with van der Waals surface area (Å²) >= 11 is 13.6. The molecule has 0 aromatic heterocycles. The van der Waals surface area contributed by atoms with Crippen molar-refractivity contribution in [2.45, 2.75) is 9.79 Å². The minimum atomic E-state index is 0.586. The van der Waals surface area contributed by atoms with Crippen LogP contribution in [0.5, 0.6) is 0 Å². The minimum absolute atomic E-state index is 0.586. The zero-order valence-electron chi connectivity index (χ0n) is 8.69. The first-order valence-electron chi connectivity index (χ1n) is 4.88. The van der Waals surface area contributed by atoms with Gasteiger partial charge in [-0.15, -0.1) is 0 Å². The van der Waals surface area contributed by atoms with Gasteiger partial charge in [0.2, 0.25) is 0 Å². The maximum absolute atomic E-state index is 10.9. The Bertz CT molecular complexity index is 535. The molecular formula is C13H8Cl2OS. The van der Waals surface area contributed by atoms with Crippen molar-refractivity contribution in [2.24, 2.45) is 0 Å². The molecule has 0 aliphatic heterocycles. The van der Waals surface area contributed by atoms with E-state index in [1.165, 1.54) is 11.8 Å². The first-order valence-corrected chi connectivity index (χ1v) is 6.45. The van der Waals surface area contributed by atoms with Crippen LogP contribution < -0.4 is 0 Å². The summed E-state index contributed by atoms with van der Waals surface area (Å²) in [6.07, 6.45) is 0.826. The zero-order valence-corrected chi connectivity index (χ0v) is 11.0. The second kappa shape index (κ2) is 5.58. The molecule has 1 nitrogen and oxygen atoms in total. The van der Waals surface area contributed by atoms with Gasteiger partial charge in [-0.05, 0) is 18.2 Å². The molecule has 0 bridgehead atoms. The first-order chi connectivity index (χ1) is 8.22. The van der Waals surface area contributed by atoms with Crippen LogP contribution in [0.2, 0.25) is 10.0 Å². The fourth-order valence-corrected chi connectivity index (χ4v) is 2.92. The van der Waals surface area contributed by atoms with Gasteiger partial charge in [0, 0.05) is 15.4 Å². The summed E-state index contributed by atoms with van der Waals surface area (Å²) in [5.74, 6) is 0. The van der Waals surface area contributed by atoms with Gasteiger partial charge in [0.1, 0.15) is 0 Å². The van der Waals surface area contributed by atoms with E-state index < -0.39 is 0 Å². The van der Waals surface area contributed by atoms with Crippen LogP contribution in [0, 0.1) is 0 Å². The van der Waals surface area contributed by atoms with Crippen LogP contribution >= 0.6 is 35.0 Å². The normalized spacial score (nSPS) is 10.2. The van der Waals surface area contributed by atoms with E-state index in [2.05, 4.69) is 0 Å². The second-order valence-electron chi connectivity index (χ2n) is 3.31. The van der Waals surface area contributed by atoms with Crippen LogP contribution in [0.1, 0.15) is 10.4 Å². The topological polar surface area (TPSA) is 17.1 Å². The van der Waals surface area contributed by atoms with Crippen molar-refractivity contribution in [2.75, 3.05) is 0 Å². The molecule has 0 spiro atoms. The lowest BCUT2D eigenvalue weighted by atomic mass is 10.2. The number of benzene rings is 2. The highest BCUT2D eigenvalue weighted by Crippen LogP contribution is 2.39. The summed E-state index contributed by atoms with van der Waals surface area (Å²) in [6.45, 7) is 0. The quantitative estimate of drug-likeness (QED) is 0.741. The summed E-state index contributed by atoms with van der Waals surface area (Å²) < 4.78 is 0. The maximum atomic E-state index is 10.9. The first kappa shape index (κ1) is 12.5. The molecule has 4 heteroatoms. The van der Waals surface area contributed by atoms with E-state index in [4.69, 9.17) is 23.2 Å². The zero-order chi connectivity index (χ0) is 12.3. The highest BCUT2D eigenvalue weighted by atomic mass is 35.5. The van der Waals surface area contributed by atoms with Gasteiger partial charge < -0.3 is 0 Å². The molecule has 0 unspecified atom stereocenters. The lowest BCUT2D eigenvalue weighted by molar-refractivity contribution is 0.112. The van der Waals surface area contributed by atoms with Crippen LogP contribution in [-0.4, -0.2) is 6.29 Å². The number of aldehydes is 1. The Morgan fingerprint density at radius 2 is 1.59 bits per heavy atom. The molecule has 0 heterocycles. The van der Waals surface area contributed by atoms with E-state index in [-0.39, 0.29) is 0 Å². The monoisotopic (exact) mass is 282 g/mol. The van der Waals surface area contributed by atoms with Crippen LogP contribution in [0.3, 0.4) is 0 Å². The van der Waals surface area contributed by atoms with Crippen LogP contribution in [0.4, 0.5) is 0 Å². The highest BCUT2D eigenvalue weighted by molar-refractivity contribution is 7.99. The molecule has 86 valence electrons. The number of halogens is 2. The van der Waals surface area contributed by atoms with Crippen LogP contribution in [0.25, 0.3) is 0 Å². The van der Waals surface area contributed by atoms with Gasteiger partial charge in [0.15, 0.2) is 6.29 Å². The van der Waals surface area contributed by atoms with Crippen molar-refractivity contribution < 1.29 is 4.79 Å². The van der Waals surface area contributed by atoms with Crippen molar-refractivity contribution in [3.8, 4) is 0 Å². The molecule has 2 aromatic carbocycles. The number of carbonyl (C=O) groups excluding carboxylic acids is 1. The van der Waals surface area contributed by atoms with Crippen molar-refractivity contribution >= 4 is 41.2 Å². The van der Waals surface area contributed by atoms with Crippen molar-refractivity contribution in [3.63, 3.8) is 0 Å². The lowest BCUT2D eigenvalue weighted by Crippen LogP contribution is -1.85. The Kier molecular flexibility index (Phi) is 4.11. The molecule has 17 heavy (non-hydrogen) atoms. The summed E-state index contributed by atoms with van der Waals surface area (Å²) in [4.78, 5) is 12.5. The Morgan fingerprint density at radius 3 is 2.24 bits per heavy atom. The molecule has 0 saturated heterocycles. The average molecular weight is 283 g/mol. The molecule has 0 aliphatic carbocycles. The second-order valence-corrected chi connectivity index (χ2v) is 5.18. The van der Waals surface area contributed by atoms with Crippen molar-refractivity contribution in [1.82, 2.24) is 0 Å². The van der Waals surface area contributed by atoms with Crippen molar-refractivity contribution in [3.05, 3.63) is 58.1 Å². The summed E-state index contributed by atoms with van der Waals surface area (Å²) in [5, 5.41) is 1.17. The van der Waals surface area contributed by atoms with E-state index in [0.29, 0.717) is 15.6 Å². The number of rotatable bonds is 3. The van der Waals surface area contributed by atoms with E-state index in [9.17, 15) is 4.79 Å². The van der Waals surface area contributed by atoms with Crippen LogP contribution in [0.15, 0.2) is 52.3 Å². The fourth-order valence-electron chi connectivity index (χ4n) is 1.36. The molecule has 0 atom stereocenters. The van der Waals surface area contributed by atoms with Gasteiger partial charge in [-0.1, -0.05) is 59.2 Å². The third-order valence-electron chi connectivity index (χ3n) is 2.18. The Labute approximate surface area is 114 Å². The molecule has 0 N–H and O–H groups in total. The highest BCUT2D eigenvalue weighted by Gasteiger charge is 2.09. The maximum Gasteiger partial charge on any atom is 0.151 e. The summed E-state index contributed by atoms with van der Waals surface area (Å²) in [5.41, 5.74) is 0.633. The number of hydrogen-bond donors (Lipinski definition) is 0. The van der Waals surface area contributed by atoms with Gasteiger partial charge >= 0.3 is 0 Å². The third kappa shape index (κ3) is 2.83. The van der Waals surface area contributed by atoms with Gasteiger partial charge in [-0.2, -0.15) is 0 Å². The molecule has 0 radical (unpaired) electrons. The SMILES string of the molecule is O=Cc1ccccc1Sc1c(Cl)cccc1Cl. The standard InChI is InChI=1S/C13H8Cl2OS/c14-10-5-3-6-11(15)13(10)17-12-7-2-1-4-9(12)8-16/h1-8H. The fraction of sp³-hybridized carbons (Fsp3) is 0. The minimum Gasteiger partial charge on any atom is -0.298 e. The Balaban J connectivity index is 2.41. The van der Waals surface area contributed by atoms with Crippen LogP contribution in [-0.2, 0) is 0 Å². The summed E-state index contributed by atoms with van der Waals surface area (Å²) in [7, 11) is 0. The average Bonchev–Trinajstić information content (AvgIpc) is 2.34. The smallest absolute Gasteiger partial charge is 0.151 e. The summed E-state index contributed by atoms with van der Waals surface area (Å²) in [6, 6.07) is 12.7. The van der Waals surface area contributed by atoms with Crippen molar-refractivity contribution in [1.29, 1.82) is 0 Å². The molecule has 2 rings (SSSR count). The molecule has 0 amide bonds. The van der Waals surface area contributed by atoms with Gasteiger partial charge in [0.25, 0.3) is 0 Å². The van der Waals surface area contributed by atoms with E-state index in [0.717, 1.165) is 16.1 Å². The predicted molar refractivity (Wildman–Crippen MR) is 72.4 cm³/mol. The van der Waals surface area contributed by atoms with E-state index >= 15 is 0 Å². The lowest BCUT2D eigenvalue weighted by Gasteiger charge is -2.07. The number of carbonyl (C=O) groups is 1. The molecule has 0 fully saturated rings. The van der Waals surface area contributed by atoms with E-state index in [1.807, 2.05) is 18.2 Å². The molecule has 2 aromatic rings. The third-order valence-corrected chi connectivity index (χ3v) is 4.27. The predicted octanol–water partition coefficient (Wildman–Crippen LogP) is 4.96. The number of hydrogen-bond acceptors (Lipinski definition) is 2. The Morgan fingerprint density at radius 1 is 0.941 bits per heavy atom. The van der Waals surface area contributed by atoms with Gasteiger partial charge in [-0.3, -0.25) is 4.79 Å². The molecule has 0 aliphatic rings. The largest absolute Gasteiger partial charge is 0.298 e. The van der Waals surface area contributed by atoms with Gasteiger partial charge in [-0.25, -0.2) is 0 Å².